The maximum Gasteiger partial charge on any atom is 0.335 e. The van der Waals surface area contributed by atoms with E-state index in [0.717, 1.165) is 20.6 Å². The Labute approximate surface area is 128 Å². The highest BCUT2D eigenvalue weighted by Gasteiger charge is 2.08. The third-order valence-corrected chi connectivity index (χ3v) is 4.69. The van der Waals surface area contributed by atoms with Gasteiger partial charge in [-0.2, -0.15) is 0 Å². The monoisotopic (exact) mass is 317 g/mol. The molecule has 3 rings (SSSR count). The van der Waals surface area contributed by atoms with Crippen LogP contribution in [0.1, 0.15) is 15.9 Å². The number of benzene rings is 1. The Morgan fingerprint density at radius 1 is 1.24 bits per heavy atom. The van der Waals surface area contributed by atoms with Crippen LogP contribution in [-0.4, -0.2) is 21.3 Å². The number of nitrogens with one attached hydrogen (secondary N) is 1. The van der Waals surface area contributed by atoms with Crippen molar-refractivity contribution in [1.82, 2.24) is 10.2 Å². The number of hydrogen-bond acceptors (Lipinski definition) is 6. The molecule has 5 nitrogen and oxygen atoms in total. The van der Waals surface area contributed by atoms with Crippen molar-refractivity contribution in [2.45, 2.75) is 6.54 Å². The van der Waals surface area contributed by atoms with E-state index in [4.69, 9.17) is 5.11 Å². The summed E-state index contributed by atoms with van der Waals surface area (Å²) >= 11 is 3.10. The molecule has 0 bridgehead atoms. The van der Waals surface area contributed by atoms with E-state index in [1.54, 1.807) is 29.5 Å². The minimum absolute atomic E-state index is 0.283. The fraction of sp³-hybridized carbons (Fsp3) is 0.0714. The van der Waals surface area contributed by atoms with Gasteiger partial charge in [-0.05, 0) is 29.1 Å². The molecule has 0 saturated heterocycles. The summed E-state index contributed by atoms with van der Waals surface area (Å²) < 4.78 is 0. The number of aromatic nitrogens is 2. The minimum atomic E-state index is -0.923. The Morgan fingerprint density at radius 2 is 2.14 bits per heavy atom. The van der Waals surface area contributed by atoms with Crippen molar-refractivity contribution in [2.24, 2.45) is 0 Å². The second-order valence-corrected chi connectivity index (χ2v) is 6.17. The van der Waals surface area contributed by atoms with Gasteiger partial charge in [0.25, 0.3) is 0 Å². The highest BCUT2D eigenvalue weighted by atomic mass is 32.1. The molecule has 0 unspecified atom stereocenters. The van der Waals surface area contributed by atoms with Crippen molar-refractivity contribution in [3.05, 3.63) is 52.9 Å². The van der Waals surface area contributed by atoms with Crippen LogP contribution in [-0.2, 0) is 6.54 Å². The molecule has 0 saturated carbocycles. The van der Waals surface area contributed by atoms with E-state index in [0.29, 0.717) is 6.54 Å². The Balaban J connectivity index is 1.68. The fourth-order valence-corrected chi connectivity index (χ4v) is 3.32. The van der Waals surface area contributed by atoms with Gasteiger partial charge in [0.05, 0.1) is 10.4 Å². The molecule has 7 heteroatoms. The molecule has 0 aliphatic heterocycles. The predicted molar refractivity (Wildman–Crippen MR) is 84.0 cm³/mol. The lowest BCUT2D eigenvalue weighted by molar-refractivity contribution is 0.0697. The quantitative estimate of drug-likeness (QED) is 0.752. The van der Waals surface area contributed by atoms with Crippen LogP contribution in [0.3, 0.4) is 0 Å². The number of thiophene rings is 1. The van der Waals surface area contributed by atoms with Crippen molar-refractivity contribution < 1.29 is 9.90 Å². The summed E-state index contributed by atoms with van der Waals surface area (Å²) in [5.41, 5.74) is 1.17. The first-order valence-corrected chi connectivity index (χ1v) is 7.85. The van der Waals surface area contributed by atoms with Crippen LogP contribution in [0.2, 0.25) is 0 Å². The maximum atomic E-state index is 10.9. The third-order valence-electron chi connectivity index (χ3n) is 2.77. The van der Waals surface area contributed by atoms with Crippen LogP contribution in [0.15, 0.2) is 41.8 Å². The molecule has 3 aromatic rings. The molecular weight excluding hydrogens is 306 g/mol. The van der Waals surface area contributed by atoms with E-state index in [2.05, 4.69) is 15.5 Å². The van der Waals surface area contributed by atoms with Gasteiger partial charge in [0.2, 0.25) is 5.13 Å². The van der Waals surface area contributed by atoms with Crippen molar-refractivity contribution in [3.63, 3.8) is 0 Å². The molecule has 1 aromatic carbocycles. The highest BCUT2D eigenvalue weighted by molar-refractivity contribution is 7.22. The zero-order valence-corrected chi connectivity index (χ0v) is 12.4. The number of carboxylic acids is 1. The Hall–Kier alpha value is -2.25. The second kappa shape index (κ2) is 6.02. The van der Waals surface area contributed by atoms with Crippen LogP contribution in [0.25, 0.3) is 9.88 Å². The van der Waals surface area contributed by atoms with E-state index in [1.165, 1.54) is 11.3 Å². The van der Waals surface area contributed by atoms with E-state index < -0.39 is 5.97 Å². The van der Waals surface area contributed by atoms with Gasteiger partial charge < -0.3 is 10.4 Å². The summed E-state index contributed by atoms with van der Waals surface area (Å²) in [6.07, 6.45) is 0. The topological polar surface area (TPSA) is 75.1 Å². The van der Waals surface area contributed by atoms with Gasteiger partial charge in [-0.15, -0.1) is 21.5 Å². The van der Waals surface area contributed by atoms with Gasteiger partial charge in [-0.1, -0.05) is 29.5 Å². The van der Waals surface area contributed by atoms with Gasteiger partial charge >= 0.3 is 5.97 Å². The molecule has 21 heavy (non-hydrogen) atoms. The summed E-state index contributed by atoms with van der Waals surface area (Å²) in [4.78, 5) is 12.0. The van der Waals surface area contributed by atoms with Crippen LogP contribution < -0.4 is 5.32 Å². The van der Waals surface area contributed by atoms with Crippen LogP contribution in [0.4, 0.5) is 5.13 Å². The summed E-state index contributed by atoms with van der Waals surface area (Å²) in [5, 5.41) is 24.0. The average Bonchev–Trinajstić information content (AvgIpc) is 3.16. The van der Waals surface area contributed by atoms with Crippen molar-refractivity contribution in [2.75, 3.05) is 5.32 Å². The van der Waals surface area contributed by atoms with Gasteiger partial charge in [-0.3, -0.25) is 0 Å². The molecule has 0 amide bonds. The molecule has 0 aliphatic rings. The maximum absolute atomic E-state index is 10.9. The second-order valence-electron chi connectivity index (χ2n) is 4.25. The zero-order chi connectivity index (χ0) is 14.7. The first-order chi connectivity index (χ1) is 10.2. The molecule has 0 spiro atoms. The first-order valence-electron chi connectivity index (χ1n) is 6.16. The average molecular weight is 317 g/mol. The van der Waals surface area contributed by atoms with E-state index >= 15 is 0 Å². The smallest absolute Gasteiger partial charge is 0.335 e. The lowest BCUT2D eigenvalue weighted by Crippen LogP contribution is -2.02. The van der Waals surface area contributed by atoms with Crippen molar-refractivity contribution in [1.29, 1.82) is 0 Å². The fourth-order valence-electron chi connectivity index (χ4n) is 1.79. The van der Waals surface area contributed by atoms with Crippen molar-refractivity contribution >= 4 is 33.8 Å². The lowest BCUT2D eigenvalue weighted by atomic mass is 10.1. The number of rotatable bonds is 5. The van der Waals surface area contributed by atoms with Crippen LogP contribution >= 0.6 is 22.7 Å². The van der Waals surface area contributed by atoms with Gasteiger partial charge in [0.15, 0.2) is 5.01 Å². The number of carboxylic acid groups (broad SMARTS) is 1. The lowest BCUT2D eigenvalue weighted by Gasteiger charge is -2.03. The Morgan fingerprint density at radius 3 is 2.90 bits per heavy atom. The minimum Gasteiger partial charge on any atom is -0.478 e. The molecule has 2 aromatic heterocycles. The molecular formula is C14H11N3O2S2. The zero-order valence-electron chi connectivity index (χ0n) is 10.8. The van der Waals surface area contributed by atoms with E-state index in [9.17, 15) is 4.79 Å². The predicted octanol–water partition coefficient (Wildman–Crippen LogP) is 3.58. The van der Waals surface area contributed by atoms with Crippen molar-refractivity contribution in [3.8, 4) is 9.88 Å². The van der Waals surface area contributed by atoms with Gasteiger partial charge in [0, 0.05) is 6.54 Å². The summed E-state index contributed by atoms with van der Waals surface area (Å²) in [7, 11) is 0. The summed E-state index contributed by atoms with van der Waals surface area (Å²) in [6, 6.07) is 10.8. The molecule has 106 valence electrons. The molecule has 2 N–H and O–H groups in total. The molecule has 0 radical (unpaired) electrons. The Bertz CT molecular complexity index is 753. The Kier molecular flexibility index (Phi) is 3.94. The van der Waals surface area contributed by atoms with E-state index in [1.807, 2.05) is 23.6 Å². The summed E-state index contributed by atoms with van der Waals surface area (Å²) in [5.74, 6) is -0.923. The number of nitrogens with zero attached hydrogens (tertiary/aromatic N) is 2. The SMILES string of the molecule is O=C(O)c1cccc(CNc2nnc(-c3cccs3)s2)c1. The molecule has 0 fully saturated rings. The van der Waals surface area contributed by atoms with Crippen LogP contribution in [0, 0.1) is 0 Å². The third kappa shape index (κ3) is 3.26. The largest absolute Gasteiger partial charge is 0.478 e. The van der Waals surface area contributed by atoms with E-state index in [-0.39, 0.29) is 5.56 Å². The van der Waals surface area contributed by atoms with Gasteiger partial charge in [0.1, 0.15) is 0 Å². The van der Waals surface area contributed by atoms with Crippen LogP contribution in [0.5, 0.6) is 0 Å². The number of anilines is 1. The standard InChI is InChI=1S/C14H11N3O2S2/c18-13(19)10-4-1-3-9(7-10)8-15-14-17-16-12(21-14)11-5-2-6-20-11/h1-7H,8H2,(H,15,17)(H,18,19). The normalized spacial score (nSPS) is 10.5. The molecule has 0 atom stereocenters. The first kappa shape index (κ1) is 13.7. The molecule has 0 aliphatic carbocycles. The van der Waals surface area contributed by atoms with Gasteiger partial charge in [-0.25, -0.2) is 4.79 Å². The number of hydrogen-bond donors (Lipinski definition) is 2. The number of carbonyl (C=O) groups is 1. The summed E-state index contributed by atoms with van der Waals surface area (Å²) in [6.45, 7) is 0.514. The molecule has 2 heterocycles. The number of aromatic carboxylic acids is 1. The highest BCUT2D eigenvalue weighted by Crippen LogP contribution is 2.29.